The zero-order valence-electron chi connectivity index (χ0n) is 10.6. The fourth-order valence-electron chi connectivity index (χ4n) is 1.81. The minimum Gasteiger partial charge on any atom is -0.326 e. The number of hydrogen-bond acceptors (Lipinski definition) is 2. The molecule has 19 heavy (non-hydrogen) atoms. The highest BCUT2D eigenvalue weighted by atomic mass is 79.9. The molecule has 0 bridgehead atoms. The van der Waals surface area contributed by atoms with E-state index in [1.807, 2.05) is 36.4 Å². The molecule has 0 spiro atoms. The van der Waals surface area contributed by atoms with Gasteiger partial charge in [0.1, 0.15) is 5.78 Å². The maximum atomic E-state index is 11.6. The van der Waals surface area contributed by atoms with Crippen LogP contribution in [0.5, 0.6) is 0 Å². The van der Waals surface area contributed by atoms with E-state index >= 15 is 0 Å². The zero-order valence-corrected chi connectivity index (χ0v) is 12.2. The second-order valence-electron chi connectivity index (χ2n) is 4.46. The number of nitrogens with one attached hydrogen (secondary N) is 1. The topological polar surface area (TPSA) is 46.2 Å². The van der Waals surface area contributed by atoms with E-state index in [1.165, 1.54) is 6.92 Å². The van der Waals surface area contributed by atoms with Crippen LogP contribution in [0.4, 0.5) is 5.69 Å². The molecule has 3 nitrogen and oxygen atoms in total. The van der Waals surface area contributed by atoms with E-state index in [0.717, 1.165) is 20.9 Å². The van der Waals surface area contributed by atoms with Gasteiger partial charge in [-0.2, -0.15) is 0 Å². The first-order chi connectivity index (χ1) is 9.04. The second kappa shape index (κ2) is 5.97. The normalized spacial score (nSPS) is 10.4. The van der Waals surface area contributed by atoms with Gasteiger partial charge in [-0.25, -0.2) is 0 Å². The summed E-state index contributed by atoms with van der Waals surface area (Å²) < 4.78 is 1.03. The summed E-state index contributed by atoms with van der Waals surface area (Å²) in [6, 6.07) is 11.7. The van der Waals surface area contributed by atoms with E-state index in [1.54, 1.807) is 0 Å². The summed E-state index contributed by atoms with van der Waals surface area (Å²) in [6.07, 6.45) is 0.514. The van der Waals surface area contributed by atoms with Crippen molar-refractivity contribution in [3.8, 4) is 0 Å². The van der Waals surface area contributed by atoms with E-state index in [4.69, 9.17) is 0 Å². The van der Waals surface area contributed by atoms with Crippen molar-refractivity contribution in [1.82, 2.24) is 0 Å². The number of benzene rings is 2. The maximum absolute atomic E-state index is 11.6. The second-order valence-corrected chi connectivity index (χ2v) is 5.37. The lowest BCUT2D eigenvalue weighted by Gasteiger charge is -2.06. The fourth-order valence-corrected chi connectivity index (χ4v) is 2.19. The lowest BCUT2D eigenvalue weighted by atomic mass is 10.1. The van der Waals surface area contributed by atoms with Gasteiger partial charge in [-0.3, -0.25) is 4.79 Å². The van der Waals surface area contributed by atoms with Crippen molar-refractivity contribution >= 4 is 44.1 Å². The predicted octanol–water partition coefficient (Wildman–Crippen LogP) is 3.91. The van der Waals surface area contributed by atoms with Crippen LogP contribution >= 0.6 is 15.9 Å². The van der Waals surface area contributed by atoms with E-state index in [0.29, 0.717) is 0 Å². The molecule has 0 saturated carbocycles. The zero-order chi connectivity index (χ0) is 13.8. The van der Waals surface area contributed by atoms with Crippen LogP contribution in [0.25, 0.3) is 10.8 Å². The minimum atomic E-state index is -0.133. The van der Waals surface area contributed by atoms with Gasteiger partial charge in [-0.1, -0.05) is 28.1 Å². The smallest absolute Gasteiger partial charge is 0.224 e. The number of amides is 1. The number of anilines is 1. The maximum Gasteiger partial charge on any atom is 0.224 e. The van der Waals surface area contributed by atoms with Gasteiger partial charge in [-0.15, -0.1) is 0 Å². The van der Waals surface area contributed by atoms with Crippen LogP contribution in [-0.2, 0) is 9.59 Å². The number of ketones is 1. The van der Waals surface area contributed by atoms with Gasteiger partial charge in [0.15, 0.2) is 0 Å². The standard InChI is InChI=1S/C15H14BrNO2/c1-10(18)2-7-15(19)17-14-6-4-11-8-13(16)5-3-12(11)9-14/h3-6,8-9H,2,7H2,1H3,(H,17,19). The molecule has 0 saturated heterocycles. The van der Waals surface area contributed by atoms with Crippen molar-refractivity contribution in [1.29, 1.82) is 0 Å². The highest BCUT2D eigenvalue weighted by Gasteiger charge is 2.05. The average Bonchev–Trinajstić information content (AvgIpc) is 2.36. The Labute approximate surface area is 120 Å². The van der Waals surface area contributed by atoms with E-state index < -0.39 is 0 Å². The number of carbonyl (C=O) groups excluding carboxylic acids is 2. The molecule has 0 heterocycles. The molecule has 0 aromatic heterocycles. The Hall–Kier alpha value is -1.68. The predicted molar refractivity (Wildman–Crippen MR) is 80.2 cm³/mol. The summed E-state index contributed by atoms with van der Waals surface area (Å²) in [7, 11) is 0. The van der Waals surface area contributed by atoms with Crippen molar-refractivity contribution in [3.05, 3.63) is 40.9 Å². The van der Waals surface area contributed by atoms with Crippen LogP contribution in [0.2, 0.25) is 0 Å². The molecule has 0 atom stereocenters. The van der Waals surface area contributed by atoms with Gasteiger partial charge in [0.05, 0.1) is 0 Å². The molecule has 0 fully saturated rings. The molecule has 98 valence electrons. The molecule has 0 unspecified atom stereocenters. The molecular formula is C15H14BrNO2. The largest absolute Gasteiger partial charge is 0.326 e. The lowest BCUT2D eigenvalue weighted by molar-refractivity contribution is -0.121. The molecule has 0 aliphatic carbocycles. The summed E-state index contributed by atoms with van der Waals surface area (Å²) in [5.74, 6) is -0.106. The first-order valence-corrected chi connectivity index (χ1v) is 6.82. The van der Waals surface area contributed by atoms with Crippen LogP contribution in [0.3, 0.4) is 0 Å². The van der Waals surface area contributed by atoms with E-state index in [-0.39, 0.29) is 24.5 Å². The first-order valence-electron chi connectivity index (χ1n) is 6.03. The fraction of sp³-hybridized carbons (Fsp3) is 0.200. The average molecular weight is 320 g/mol. The summed E-state index contributed by atoms with van der Waals surface area (Å²) in [5, 5.41) is 4.97. The summed E-state index contributed by atoms with van der Waals surface area (Å²) >= 11 is 3.42. The molecule has 2 aromatic carbocycles. The van der Waals surface area contributed by atoms with Crippen LogP contribution in [0.1, 0.15) is 19.8 Å². The van der Waals surface area contributed by atoms with Gasteiger partial charge < -0.3 is 10.1 Å². The van der Waals surface area contributed by atoms with Gasteiger partial charge >= 0.3 is 0 Å². The van der Waals surface area contributed by atoms with Gasteiger partial charge in [-0.05, 0) is 42.0 Å². The molecule has 0 aliphatic rings. The van der Waals surface area contributed by atoms with Crippen molar-refractivity contribution in [2.75, 3.05) is 5.32 Å². The lowest BCUT2D eigenvalue weighted by Crippen LogP contribution is -2.12. The highest BCUT2D eigenvalue weighted by molar-refractivity contribution is 9.10. The van der Waals surface area contributed by atoms with Crippen LogP contribution < -0.4 is 5.32 Å². The number of halogens is 1. The third kappa shape index (κ3) is 3.89. The summed E-state index contributed by atoms with van der Waals surface area (Å²) in [6.45, 7) is 1.49. The first kappa shape index (κ1) is 13.7. The Morgan fingerprint density at radius 1 is 1.05 bits per heavy atom. The Balaban J connectivity index is 2.11. The van der Waals surface area contributed by atoms with Crippen molar-refractivity contribution < 1.29 is 9.59 Å². The number of fused-ring (bicyclic) bond motifs is 1. The quantitative estimate of drug-likeness (QED) is 0.928. The molecule has 0 aliphatic heterocycles. The Morgan fingerprint density at radius 2 is 1.74 bits per heavy atom. The molecule has 4 heteroatoms. The van der Waals surface area contributed by atoms with Crippen molar-refractivity contribution in [2.45, 2.75) is 19.8 Å². The molecule has 0 radical (unpaired) electrons. The molecule has 1 amide bonds. The van der Waals surface area contributed by atoms with Crippen LogP contribution in [0.15, 0.2) is 40.9 Å². The number of Topliss-reactive ketones (excluding diaryl/α,β-unsaturated/α-hetero) is 1. The van der Waals surface area contributed by atoms with Gasteiger partial charge in [0.2, 0.25) is 5.91 Å². The summed E-state index contributed by atoms with van der Waals surface area (Å²) in [5.41, 5.74) is 0.753. The van der Waals surface area contributed by atoms with Crippen molar-refractivity contribution in [3.63, 3.8) is 0 Å². The van der Waals surface area contributed by atoms with Gasteiger partial charge in [0, 0.05) is 23.0 Å². The molecule has 2 rings (SSSR count). The number of hydrogen-bond donors (Lipinski definition) is 1. The molecule has 2 aromatic rings. The third-order valence-corrected chi connectivity index (χ3v) is 3.28. The third-order valence-electron chi connectivity index (χ3n) is 2.79. The Bertz CT molecular complexity index is 637. The Morgan fingerprint density at radius 3 is 2.47 bits per heavy atom. The highest BCUT2D eigenvalue weighted by Crippen LogP contribution is 2.23. The van der Waals surface area contributed by atoms with E-state index in [9.17, 15) is 9.59 Å². The Kier molecular flexibility index (Phi) is 4.32. The minimum absolute atomic E-state index is 0.0264. The monoisotopic (exact) mass is 319 g/mol. The number of rotatable bonds is 4. The van der Waals surface area contributed by atoms with Crippen LogP contribution in [-0.4, -0.2) is 11.7 Å². The van der Waals surface area contributed by atoms with E-state index in [2.05, 4.69) is 21.2 Å². The van der Waals surface area contributed by atoms with Crippen LogP contribution in [0, 0.1) is 0 Å². The van der Waals surface area contributed by atoms with Crippen molar-refractivity contribution in [2.24, 2.45) is 0 Å². The number of carbonyl (C=O) groups is 2. The SMILES string of the molecule is CC(=O)CCC(=O)Nc1ccc2cc(Br)ccc2c1. The molecular weight excluding hydrogens is 306 g/mol. The summed E-state index contributed by atoms with van der Waals surface area (Å²) in [4.78, 5) is 22.5. The van der Waals surface area contributed by atoms with Gasteiger partial charge in [0.25, 0.3) is 0 Å². The molecule has 1 N–H and O–H groups in total.